The lowest BCUT2D eigenvalue weighted by atomic mass is 10.2. The number of hydrogen-bond acceptors (Lipinski definition) is 3. The SMILES string of the molecule is CCNC(=NCCNC(=O)c1ccccc1Cl)NC1CCN(c2c(F)cccc2F)C1.I. The molecule has 0 spiro atoms. The molecule has 0 saturated carbocycles. The van der Waals surface area contributed by atoms with Crippen molar-refractivity contribution in [2.45, 2.75) is 19.4 Å². The Morgan fingerprint density at radius 1 is 1.16 bits per heavy atom. The number of hydrogen-bond donors (Lipinski definition) is 3. The number of carbonyl (C=O) groups excluding carboxylic acids is 1. The Kier molecular flexibility index (Phi) is 10.4. The van der Waals surface area contributed by atoms with Crippen molar-refractivity contribution in [3.05, 3.63) is 64.7 Å². The third-order valence-electron chi connectivity index (χ3n) is 4.91. The molecular weight excluding hydrogens is 551 g/mol. The number of rotatable bonds is 7. The van der Waals surface area contributed by atoms with E-state index in [2.05, 4.69) is 20.9 Å². The lowest BCUT2D eigenvalue weighted by molar-refractivity contribution is 0.0955. The van der Waals surface area contributed by atoms with Crippen molar-refractivity contribution in [2.24, 2.45) is 4.99 Å². The van der Waals surface area contributed by atoms with E-state index in [0.29, 0.717) is 49.3 Å². The van der Waals surface area contributed by atoms with Crippen LogP contribution in [0.5, 0.6) is 0 Å². The van der Waals surface area contributed by atoms with Crippen molar-refractivity contribution < 1.29 is 13.6 Å². The van der Waals surface area contributed by atoms with Gasteiger partial charge in [-0.2, -0.15) is 0 Å². The van der Waals surface area contributed by atoms with Crippen LogP contribution in [0.15, 0.2) is 47.5 Å². The summed E-state index contributed by atoms with van der Waals surface area (Å²) < 4.78 is 28.1. The van der Waals surface area contributed by atoms with Crippen molar-refractivity contribution in [1.82, 2.24) is 16.0 Å². The number of anilines is 1. The number of guanidine groups is 1. The van der Waals surface area contributed by atoms with E-state index in [1.54, 1.807) is 29.2 Å². The molecule has 2 aromatic rings. The Morgan fingerprint density at radius 3 is 2.56 bits per heavy atom. The van der Waals surface area contributed by atoms with Gasteiger partial charge in [0.1, 0.15) is 17.3 Å². The first-order chi connectivity index (χ1) is 15.0. The van der Waals surface area contributed by atoms with Gasteiger partial charge in [-0.1, -0.05) is 29.8 Å². The quantitative estimate of drug-likeness (QED) is 0.203. The maximum Gasteiger partial charge on any atom is 0.252 e. The predicted octanol–water partition coefficient (Wildman–Crippen LogP) is 3.80. The van der Waals surface area contributed by atoms with E-state index in [-0.39, 0.29) is 41.6 Å². The van der Waals surface area contributed by atoms with E-state index < -0.39 is 11.6 Å². The zero-order valence-corrected chi connectivity index (χ0v) is 20.8. The molecule has 174 valence electrons. The number of carbonyl (C=O) groups is 1. The molecule has 1 amide bonds. The monoisotopic (exact) mass is 577 g/mol. The first kappa shape index (κ1) is 26.1. The van der Waals surface area contributed by atoms with Crippen LogP contribution in [0.2, 0.25) is 5.02 Å². The van der Waals surface area contributed by atoms with Crippen LogP contribution in [0, 0.1) is 11.6 Å². The maximum absolute atomic E-state index is 14.1. The molecule has 1 heterocycles. The topological polar surface area (TPSA) is 68.8 Å². The van der Waals surface area contributed by atoms with Gasteiger partial charge in [0.25, 0.3) is 5.91 Å². The molecule has 2 aromatic carbocycles. The zero-order chi connectivity index (χ0) is 22.2. The van der Waals surface area contributed by atoms with Crippen molar-refractivity contribution >= 4 is 53.1 Å². The van der Waals surface area contributed by atoms with Gasteiger partial charge in [-0.15, -0.1) is 24.0 Å². The summed E-state index contributed by atoms with van der Waals surface area (Å²) in [6, 6.07) is 10.7. The van der Waals surface area contributed by atoms with Crippen molar-refractivity contribution in [1.29, 1.82) is 0 Å². The van der Waals surface area contributed by atoms with Crippen LogP contribution in [-0.4, -0.2) is 50.6 Å². The molecule has 6 nitrogen and oxygen atoms in total. The van der Waals surface area contributed by atoms with Crippen LogP contribution in [0.3, 0.4) is 0 Å². The predicted molar refractivity (Wildman–Crippen MR) is 135 cm³/mol. The molecule has 1 saturated heterocycles. The van der Waals surface area contributed by atoms with Crippen molar-refractivity contribution in [3.63, 3.8) is 0 Å². The minimum Gasteiger partial charge on any atom is -0.365 e. The highest BCUT2D eigenvalue weighted by atomic mass is 127. The Labute approximate surface area is 208 Å². The van der Waals surface area contributed by atoms with Crippen LogP contribution in [0.25, 0.3) is 0 Å². The summed E-state index contributed by atoms with van der Waals surface area (Å²) in [6.45, 7) is 4.33. The summed E-state index contributed by atoms with van der Waals surface area (Å²) >= 11 is 6.03. The van der Waals surface area contributed by atoms with Gasteiger partial charge in [0, 0.05) is 32.2 Å². The molecule has 3 rings (SSSR count). The molecule has 3 N–H and O–H groups in total. The second-order valence-electron chi connectivity index (χ2n) is 7.14. The number of amides is 1. The summed E-state index contributed by atoms with van der Waals surface area (Å²) in [6.07, 6.45) is 0.724. The summed E-state index contributed by atoms with van der Waals surface area (Å²) in [7, 11) is 0. The number of halogens is 4. The second kappa shape index (κ2) is 12.8. The van der Waals surface area contributed by atoms with Crippen LogP contribution >= 0.6 is 35.6 Å². The summed E-state index contributed by atoms with van der Waals surface area (Å²) in [5.41, 5.74) is 0.431. The molecule has 0 bridgehead atoms. The highest BCUT2D eigenvalue weighted by Crippen LogP contribution is 2.26. The fraction of sp³-hybridized carbons (Fsp3) is 0.364. The molecule has 0 aliphatic carbocycles. The van der Waals surface area contributed by atoms with E-state index in [9.17, 15) is 13.6 Å². The summed E-state index contributed by atoms with van der Waals surface area (Å²) in [5.74, 6) is -0.779. The van der Waals surface area contributed by atoms with Crippen molar-refractivity contribution in [3.8, 4) is 0 Å². The Morgan fingerprint density at radius 2 is 1.88 bits per heavy atom. The maximum atomic E-state index is 14.1. The molecule has 0 radical (unpaired) electrons. The van der Waals surface area contributed by atoms with Gasteiger partial charge >= 0.3 is 0 Å². The van der Waals surface area contributed by atoms with Crippen LogP contribution < -0.4 is 20.9 Å². The molecule has 1 atom stereocenters. The third-order valence-corrected chi connectivity index (χ3v) is 5.24. The fourth-order valence-electron chi connectivity index (χ4n) is 3.46. The standard InChI is InChI=1S/C22H26ClF2N5O.HI/c1-2-26-22(28-12-11-27-21(31)16-6-3-4-7-17(16)23)29-15-10-13-30(14-15)20-18(24)8-5-9-19(20)25;/h3-9,15H,2,10-14H2,1H3,(H,27,31)(H2,26,28,29);1H. The minimum absolute atomic E-state index is 0. The molecule has 1 unspecified atom stereocenters. The zero-order valence-electron chi connectivity index (χ0n) is 17.7. The summed E-state index contributed by atoms with van der Waals surface area (Å²) in [4.78, 5) is 18.4. The molecule has 1 aliphatic rings. The van der Waals surface area contributed by atoms with Gasteiger partial charge in [-0.3, -0.25) is 9.79 Å². The molecule has 1 aliphatic heterocycles. The van der Waals surface area contributed by atoms with E-state index in [1.807, 2.05) is 6.92 Å². The molecule has 1 fully saturated rings. The fourth-order valence-corrected chi connectivity index (χ4v) is 3.68. The van der Waals surface area contributed by atoms with Gasteiger partial charge in [-0.25, -0.2) is 8.78 Å². The van der Waals surface area contributed by atoms with Gasteiger partial charge in [0.15, 0.2) is 5.96 Å². The molecule has 0 aromatic heterocycles. The van der Waals surface area contributed by atoms with E-state index >= 15 is 0 Å². The Balaban J connectivity index is 0.00000363. The highest BCUT2D eigenvalue weighted by molar-refractivity contribution is 14.0. The third kappa shape index (κ3) is 6.93. The normalized spacial score (nSPS) is 15.8. The smallest absolute Gasteiger partial charge is 0.252 e. The van der Waals surface area contributed by atoms with Gasteiger partial charge in [-0.05, 0) is 37.6 Å². The lowest BCUT2D eigenvalue weighted by Crippen LogP contribution is -2.45. The van der Waals surface area contributed by atoms with Crippen LogP contribution in [-0.2, 0) is 0 Å². The average Bonchev–Trinajstić information content (AvgIpc) is 3.19. The Bertz CT molecular complexity index is 926. The van der Waals surface area contributed by atoms with Crippen molar-refractivity contribution in [2.75, 3.05) is 37.6 Å². The van der Waals surface area contributed by atoms with Crippen LogP contribution in [0.1, 0.15) is 23.7 Å². The number of aliphatic imine (C=N–C) groups is 1. The van der Waals surface area contributed by atoms with E-state index in [0.717, 1.165) is 6.42 Å². The number of nitrogens with one attached hydrogen (secondary N) is 3. The molecule has 10 heteroatoms. The average molecular weight is 578 g/mol. The van der Waals surface area contributed by atoms with Crippen LogP contribution in [0.4, 0.5) is 14.5 Å². The molecule has 32 heavy (non-hydrogen) atoms. The Hall–Kier alpha value is -2.14. The summed E-state index contributed by atoms with van der Waals surface area (Å²) in [5, 5.41) is 9.65. The molecular formula is C22H27ClF2IN5O. The first-order valence-electron chi connectivity index (χ1n) is 10.3. The highest BCUT2D eigenvalue weighted by Gasteiger charge is 2.27. The second-order valence-corrected chi connectivity index (χ2v) is 7.55. The van der Waals surface area contributed by atoms with Gasteiger partial charge in [0.05, 0.1) is 17.1 Å². The number of nitrogens with zero attached hydrogens (tertiary/aromatic N) is 2. The number of benzene rings is 2. The van der Waals surface area contributed by atoms with E-state index in [1.165, 1.54) is 18.2 Å². The van der Waals surface area contributed by atoms with Gasteiger partial charge in [0.2, 0.25) is 0 Å². The number of para-hydroxylation sites is 1. The van der Waals surface area contributed by atoms with E-state index in [4.69, 9.17) is 11.6 Å². The largest absolute Gasteiger partial charge is 0.365 e. The lowest BCUT2D eigenvalue weighted by Gasteiger charge is -2.21. The first-order valence-corrected chi connectivity index (χ1v) is 10.6. The van der Waals surface area contributed by atoms with Gasteiger partial charge < -0.3 is 20.9 Å². The minimum atomic E-state index is -0.560.